The van der Waals surface area contributed by atoms with Gasteiger partial charge < -0.3 is 29.6 Å². The summed E-state index contributed by atoms with van der Waals surface area (Å²) in [5, 5.41) is 5.74. The van der Waals surface area contributed by atoms with Gasteiger partial charge in [-0.15, -0.1) is 0 Å². The van der Waals surface area contributed by atoms with Crippen molar-refractivity contribution in [2.45, 2.75) is 43.9 Å². The summed E-state index contributed by atoms with van der Waals surface area (Å²) in [6.07, 6.45) is 0.365. The molecule has 238 valence electrons. The van der Waals surface area contributed by atoms with Gasteiger partial charge in [0.05, 0.1) is 46.1 Å². The Morgan fingerprint density at radius 3 is 2.18 bits per heavy atom. The van der Waals surface area contributed by atoms with Gasteiger partial charge in [0, 0.05) is 32.5 Å². The first kappa shape index (κ1) is 33.3. The Morgan fingerprint density at radius 1 is 0.909 bits per heavy atom. The second kappa shape index (κ2) is 15.9. The van der Waals surface area contributed by atoms with Crippen LogP contribution in [-0.2, 0) is 46.2 Å². The predicted octanol–water partition coefficient (Wildman–Crippen LogP) is 1.36. The molecule has 2 aliphatic heterocycles. The van der Waals surface area contributed by atoms with Crippen LogP contribution in [0.25, 0.3) is 0 Å². The molecule has 2 fully saturated rings. The fourth-order valence-corrected chi connectivity index (χ4v) is 5.24. The molecule has 2 heterocycles. The van der Waals surface area contributed by atoms with Crippen molar-refractivity contribution in [3.05, 3.63) is 65.7 Å². The first-order valence-corrected chi connectivity index (χ1v) is 15.0. The number of hydrogen-bond donors (Lipinski definition) is 2. The van der Waals surface area contributed by atoms with Crippen molar-refractivity contribution in [3.8, 4) is 5.75 Å². The molecule has 0 saturated carbocycles. The van der Waals surface area contributed by atoms with Gasteiger partial charge in [0.1, 0.15) is 17.4 Å². The molecule has 11 heteroatoms. The number of hydrogen-bond acceptors (Lipinski definition) is 9. The van der Waals surface area contributed by atoms with Crippen LogP contribution in [0.4, 0.5) is 0 Å². The number of carbonyl (C=O) groups excluding carboxylic acids is 4. The standard InChI is InChI=1S/C33H43N3O8/c1-33(22-44-33)31(39)27(18-23-7-5-4-6-8-23)35-32(40)25(17-24-9-11-26(42-3)12-10-24)19-29(37)28(21-41-2)34-30(38)20-36-13-15-43-16-14-36/h4-12,25,27-28H,13-22H2,1-3H3,(H,34,38)(H,35,40). The molecule has 0 bridgehead atoms. The summed E-state index contributed by atoms with van der Waals surface area (Å²) >= 11 is 0. The van der Waals surface area contributed by atoms with Crippen LogP contribution in [-0.4, -0.2) is 106 Å². The van der Waals surface area contributed by atoms with E-state index in [0.717, 1.165) is 11.1 Å². The molecule has 0 radical (unpaired) electrons. The van der Waals surface area contributed by atoms with Gasteiger partial charge in [-0.1, -0.05) is 42.5 Å². The molecule has 11 nitrogen and oxygen atoms in total. The number of rotatable bonds is 17. The molecule has 0 spiro atoms. The van der Waals surface area contributed by atoms with E-state index in [9.17, 15) is 19.2 Å². The molecule has 2 amide bonds. The van der Waals surface area contributed by atoms with Crippen LogP contribution in [0.3, 0.4) is 0 Å². The summed E-state index contributed by atoms with van der Waals surface area (Å²) in [5.74, 6) is -1.42. The maximum Gasteiger partial charge on any atom is 0.234 e. The zero-order chi connectivity index (χ0) is 31.5. The SMILES string of the molecule is COCC(NC(=O)CN1CCOCC1)C(=O)CC(Cc1ccc(OC)cc1)C(=O)NC(Cc1ccccc1)C(=O)C1(C)CO1. The number of carbonyl (C=O) groups is 4. The van der Waals surface area contributed by atoms with E-state index in [4.69, 9.17) is 18.9 Å². The van der Waals surface area contributed by atoms with Crippen LogP contribution in [0.2, 0.25) is 0 Å². The predicted molar refractivity (Wildman–Crippen MR) is 162 cm³/mol. The zero-order valence-corrected chi connectivity index (χ0v) is 25.7. The molecular weight excluding hydrogens is 566 g/mol. The fourth-order valence-electron chi connectivity index (χ4n) is 5.24. The fraction of sp³-hybridized carbons (Fsp3) is 0.515. The van der Waals surface area contributed by atoms with Crippen LogP contribution in [0.15, 0.2) is 54.6 Å². The lowest BCUT2D eigenvalue weighted by Gasteiger charge is -2.27. The van der Waals surface area contributed by atoms with Gasteiger partial charge >= 0.3 is 0 Å². The lowest BCUT2D eigenvalue weighted by molar-refractivity contribution is -0.135. The number of methoxy groups -OCH3 is 2. The average Bonchev–Trinajstić information content (AvgIpc) is 3.79. The highest BCUT2D eigenvalue weighted by molar-refractivity contribution is 5.98. The third-order valence-corrected chi connectivity index (χ3v) is 8.00. The molecule has 4 atom stereocenters. The van der Waals surface area contributed by atoms with Crippen LogP contribution in [0.5, 0.6) is 5.75 Å². The first-order chi connectivity index (χ1) is 21.2. The Hall–Kier alpha value is -3.64. The van der Waals surface area contributed by atoms with Gasteiger partial charge in [0.2, 0.25) is 11.8 Å². The minimum absolute atomic E-state index is 0.0324. The van der Waals surface area contributed by atoms with Gasteiger partial charge in [-0.05, 0) is 43.0 Å². The quantitative estimate of drug-likeness (QED) is 0.255. The number of amides is 2. The number of nitrogens with one attached hydrogen (secondary N) is 2. The van der Waals surface area contributed by atoms with Gasteiger partial charge in [0.15, 0.2) is 11.6 Å². The number of Topliss-reactive ketones (excluding diaryl/α,β-unsaturated/α-hetero) is 2. The number of epoxide rings is 1. The Labute approximate surface area is 258 Å². The molecule has 0 aromatic heterocycles. The second-order valence-corrected chi connectivity index (χ2v) is 11.5. The van der Waals surface area contributed by atoms with Crippen molar-refractivity contribution in [3.63, 3.8) is 0 Å². The van der Waals surface area contributed by atoms with Crippen LogP contribution in [0.1, 0.15) is 24.5 Å². The van der Waals surface area contributed by atoms with E-state index in [-0.39, 0.29) is 49.9 Å². The smallest absolute Gasteiger partial charge is 0.234 e. The number of ketones is 2. The molecule has 2 aromatic rings. The molecule has 2 saturated heterocycles. The molecule has 0 aliphatic carbocycles. The van der Waals surface area contributed by atoms with Gasteiger partial charge in [-0.25, -0.2) is 0 Å². The van der Waals surface area contributed by atoms with Crippen molar-refractivity contribution in [2.24, 2.45) is 5.92 Å². The lowest BCUT2D eigenvalue weighted by Crippen LogP contribution is -2.51. The van der Waals surface area contributed by atoms with E-state index in [0.29, 0.717) is 38.7 Å². The normalized spacial score (nSPS) is 20.2. The maximum atomic E-state index is 13.9. The third kappa shape index (κ3) is 9.68. The molecule has 2 N–H and O–H groups in total. The van der Waals surface area contributed by atoms with Crippen molar-refractivity contribution in [1.82, 2.24) is 15.5 Å². The Bertz CT molecular complexity index is 1260. The summed E-state index contributed by atoms with van der Waals surface area (Å²) in [6.45, 7) is 4.48. The topological polar surface area (TPSA) is 136 Å². The number of nitrogens with zero attached hydrogens (tertiary/aromatic N) is 1. The Balaban J connectivity index is 1.50. The maximum absolute atomic E-state index is 13.9. The minimum atomic E-state index is -0.942. The van der Waals surface area contributed by atoms with E-state index in [1.54, 1.807) is 26.2 Å². The van der Waals surface area contributed by atoms with E-state index >= 15 is 0 Å². The van der Waals surface area contributed by atoms with Gasteiger partial charge in [-0.3, -0.25) is 24.1 Å². The van der Waals surface area contributed by atoms with Crippen molar-refractivity contribution < 1.29 is 38.1 Å². The van der Waals surface area contributed by atoms with E-state index in [1.165, 1.54) is 7.11 Å². The molecule has 2 aliphatic rings. The van der Waals surface area contributed by atoms with Crippen LogP contribution < -0.4 is 15.4 Å². The van der Waals surface area contributed by atoms with Crippen LogP contribution >= 0.6 is 0 Å². The second-order valence-electron chi connectivity index (χ2n) is 11.5. The molecule has 2 aromatic carbocycles. The third-order valence-electron chi connectivity index (χ3n) is 8.00. The van der Waals surface area contributed by atoms with Crippen LogP contribution in [0, 0.1) is 5.92 Å². The zero-order valence-electron chi connectivity index (χ0n) is 25.7. The summed E-state index contributed by atoms with van der Waals surface area (Å²) in [4.78, 5) is 55.7. The van der Waals surface area contributed by atoms with E-state index in [1.807, 2.05) is 47.4 Å². The monoisotopic (exact) mass is 609 g/mol. The highest BCUT2D eigenvalue weighted by Crippen LogP contribution is 2.29. The van der Waals surface area contributed by atoms with Crippen molar-refractivity contribution in [1.29, 1.82) is 0 Å². The largest absolute Gasteiger partial charge is 0.497 e. The van der Waals surface area contributed by atoms with Gasteiger partial charge in [0.25, 0.3) is 0 Å². The van der Waals surface area contributed by atoms with Crippen molar-refractivity contribution >= 4 is 23.4 Å². The molecular formula is C33H43N3O8. The number of benzene rings is 2. The molecule has 4 unspecified atom stereocenters. The summed E-state index contributed by atoms with van der Waals surface area (Å²) in [5.41, 5.74) is 0.769. The lowest BCUT2D eigenvalue weighted by atomic mass is 9.89. The summed E-state index contributed by atoms with van der Waals surface area (Å²) in [7, 11) is 3.03. The first-order valence-electron chi connectivity index (χ1n) is 15.0. The number of morpholine rings is 1. The Morgan fingerprint density at radius 2 is 1.57 bits per heavy atom. The molecule has 44 heavy (non-hydrogen) atoms. The summed E-state index contributed by atoms with van der Waals surface area (Å²) < 4.78 is 21.3. The minimum Gasteiger partial charge on any atom is -0.497 e. The summed E-state index contributed by atoms with van der Waals surface area (Å²) in [6, 6.07) is 14.9. The highest BCUT2D eigenvalue weighted by Gasteiger charge is 2.50. The van der Waals surface area contributed by atoms with Gasteiger partial charge in [-0.2, -0.15) is 0 Å². The molecule has 4 rings (SSSR count). The average molecular weight is 610 g/mol. The highest BCUT2D eigenvalue weighted by atomic mass is 16.6. The number of ether oxygens (including phenoxy) is 4. The Kier molecular flexibility index (Phi) is 12.0. The van der Waals surface area contributed by atoms with E-state index in [2.05, 4.69) is 10.6 Å². The van der Waals surface area contributed by atoms with Crippen molar-refractivity contribution in [2.75, 3.05) is 60.3 Å². The van der Waals surface area contributed by atoms with E-state index < -0.39 is 29.5 Å².